The molecular formula is C24H45F5. The fourth-order valence-corrected chi connectivity index (χ4v) is 5.07. The fourth-order valence-electron chi connectivity index (χ4n) is 5.07. The van der Waals surface area contributed by atoms with E-state index in [0.29, 0.717) is 6.42 Å². The van der Waals surface area contributed by atoms with Crippen molar-refractivity contribution in [1.82, 2.24) is 0 Å². The Balaban J connectivity index is 6.75. The standard InChI is InChI=1S/C24H45F5/c1-11-19(7,8)17-23(26,27)22(15-5,16-6)21(10,14-4)24(28,29)18(25)20(9,12-2)13-3/h18H,11-17H2,1-10H3. The Bertz CT molecular complexity index is 503. The third-order valence-corrected chi connectivity index (χ3v) is 8.61. The monoisotopic (exact) mass is 428 g/mol. The highest BCUT2D eigenvalue weighted by atomic mass is 19.3. The van der Waals surface area contributed by atoms with Crippen molar-refractivity contribution >= 4 is 0 Å². The Morgan fingerprint density at radius 2 is 1.03 bits per heavy atom. The number of hydrogen-bond donors (Lipinski definition) is 0. The van der Waals surface area contributed by atoms with E-state index in [4.69, 9.17) is 0 Å². The van der Waals surface area contributed by atoms with Crippen LogP contribution in [0.4, 0.5) is 22.0 Å². The minimum atomic E-state index is -3.88. The molecule has 176 valence electrons. The molecule has 0 saturated heterocycles. The molecule has 2 atom stereocenters. The normalized spacial score (nSPS) is 17.9. The van der Waals surface area contributed by atoms with E-state index in [0.717, 1.165) is 0 Å². The average molecular weight is 429 g/mol. The van der Waals surface area contributed by atoms with Crippen LogP contribution in [0, 0.1) is 21.7 Å². The lowest BCUT2D eigenvalue weighted by atomic mass is 9.51. The molecule has 0 amide bonds. The zero-order valence-corrected chi connectivity index (χ0v) is 20.4. The van der Waals surface area contributed by atoms with Gasteiger partial charge in [-0.1, -0.05) is 75.7 Å². The van der Waals surface area contributed by atoms with Gasteiger partial charge in [0.15, 0.2) is 6.17 Å². The first-order valence-electron chi connectivity index (χ1n) is 11.4. The predicted molar refractivity (Wildman–Crippen MR) is 114 cm³/mol. The van der Waals surface area contributed by atoms with Crippen molar-refractivity contribution in [2.45, 2.75) is 132 Å². The summed E-state index contributed by atoms with van der Waals surface area (Å²) in [6.07, 6.45) is -2.47. The minimum Gasteiger partial charge on any atom is -0.240 e. The molecule has 0 radical (unpaired) electrons. The Kier molecular flexibility index (Phi) is 9.31. The number of hydrogen-bond acceptors (Lipinski definition) is 0. The molecule has 0 spiro atoms. The predicted octanol–water partition coefficient (Wildman–Crippen LogP) is 9.47. The lowest BCUT2D eigenvalue weighted by molar-refractivity contribution is -0.295. The molecule has 5 heteroatoms. The molecule has 0 rings (SSSR count). The van der Waals surface area contributed by atoms with Crippen LogP contribution in [0.1, 0.15) is 114 Å². The Morgan fingerprint density at radius 3 is 1.31 bits per heavy atom. The van der Waals surface area contributed by atoms with Crippen molar-refractivity contribution in [3.05, 3.63) is 0 Å². The molecule has 29 heavy (non-hydrogen) atoms. The minimum absolute atomic E-state index is 0.127. The van der Waals surface area contributed by atoms with E-state index in [2.05, 4.69) is 0 Å². The van der Waals surface area contributed by atoms with Crippen LogP contribution < -0.4 is 0 Å². The maximum Gasteiger partial charge on any atom is 0.285 e. The summed E-state index contributed by atoms with van der Waals surface area (Å²) in [4.78, 5) is 0. The van der Waals surface area contributed by atoms with E-state index in [9.17, 15) is 0 Å². The largest absolute Gasteiger partial charge is 0.285 e. The van der Waals surface area contributed by atoms with Crippen molar-refractivity contribution in [1.29, 1.82) is 0 Å². The second-order valence-corrected chi connectivity index (χ2v) is 10.2. The van der Waals surface area contributed by atoms with Gasteiger partial charge in [0.1, 0.15) is 0 Å². The van der Waals surface area contributed by atoms with Gasteiger partial charge in [-0.25, -0.2) is 22.0 Å². The summed E-state index contributed by atoms with van der Waals surface area (Å²) < 4.78 is 79.2. The third-order valence-electron chi connectivity index (χ3n) is 8.61. The highest BCUT2D eigenvalue weighted by Crippen LogP contribution is 2.66. The molecule has 0 aromatic rings. The van der Waals surface area contributed by atoms with Gasteiger partial charge >= 0.3 is 0 Å². The van der Waals surface area contributed by atoms with Crippen LogP contribution in [0.2, 0.25) is 0 Å². The molecule has 0 N–H and O–H groups in total. The maximum atomic E-state index is 15.9. The van der Waals surface area contributed by atoms with Crippen molar-refractivity contribution in [2.75, 3.05) is 0 Å². The third kappa shape index (κ3) is 4.63. The highest BCUT2D eigenvalue weighted by Gasteiger charge is 2.72. The van der Waals surface area contributed by atoms with Crippen molar-refractivity contribution in [2.24, 2.45) is 21.7 Å². The Labute approximate surface area is 176 Å². The van der Waals surface area contributed by atoms with E-state index < -0.39 is 46.1 Å². The molecule has 0 aliphatic heterocycles. The summed E-state index contributed by atoms with van der Waals surface area (Å²) in [7, 11) is 0. The molecule has 2 unspecified atom stereocenters. The first kappa shape index (κ1) is 28.6. The highest BCUT2D eigenvalue weighted by molar-refractivity contribution is 5.12. The summed E-state index contributed by atoms with van der Waals surface area (Å²) in [5, 5.41) is 0. The van der Waals surface area contributed by atoms with Gasteiger partial charge in [-0.3, -0.25) is 0 Å². The molecule has 0 fully saturated rings. The lowest BCUT2D eigenvalue weighted by Crippen LogP contribution is -2.64. The van der Waals surface area contributed by atoms with Crippen molar-refractivity contribution < 1.29 is 22.0 Å². The first-order valence-corrected chi connectivity index (χ1v) is 11.4. The van der Waals surface area contributed by atoms with E-state index in [-0.39, 0.29) is 32.1 Å². The van der Waals surface area contributed by atoms with E-state index in [1.807, 2.05) is 6.92 Å². The van der Waals surface area contributed by atoms with Gasteiger partial charge in [0.05, 0.1) is 0 Å². The summed E-state index contributed by atoms with van der Waals surface area (Å²) in [5.74, 6) is -7.23. The Hall–Kier alpha value is -0.350. The average Bonchev–Trinajstić information content (AvgIpc) is 2.66. The van der Waals surface area contributed by atoms with Crippen LogP contribution >= 0.6 is 0 Å². The van der Waals surface area contributed by atoms with Gasteiger partial charge in [0.25, 0.3) is 11.8 Å². The molecule has 0 aliphatic rings. The summed E-state index contributed by atoms with van der Waals surface area (Å²) >= 11 is 0. The number of halogens is 5. The quantitative estimate of drug-likeness (QED) is 0.256. The van der Waals surface area contributed by atoms with Gasteiger partial charge in [-0.15, -0.1) is 0 Å². The Morgan fingerprint density at radius 1 is 0.621 bits per heavy atom. The fraction of sp³-hybridized carbons (Fsp3) is 1.00. The second kappa shape index (κ2) is 9.42. The molecule has 0 aliphatic carbocycles. The summed E-state index contributed by atoms with van der Waals surface area (Å²) in [6, 6.07) is 0. The van der Waals surface area contributed by atoms with Crippen LogP contribution in [0.15, 0.2) is 0 Å². The van der Waals surface area contributed by atoms with Gasteiger partial charge in [-0.05, 0) is 37.5 Å². The van der Waals surface area contributed by atoms with Crippen LogP contribution in [-0.4, -0.2) is 18.0 Å². The first-order chi connectivity index (χ1) is 13.0. The van der Waals surface area contributed by atoms with Crippen molar-refractivity contribution in [3.63, 3.8) is 0 Å². The zero-order chi connectivity index (χ0) is 23.5. The van der Waals surface area contributed by atoms with Crippen molar-refractivity contribution in [3.8, 4) is 0 Å². The summed E-state index contributed by atoms with van der Waals surface area (Å²) in [5.41, 5.74) is -6.14. The van der Waals surface area contributed by atoms with Crippen LogP contribution in [0.25, 0.3) is 0 Å². The molecule has 0 nitrogen and oxygen atoms in total. The SMILES string of the molecule is CCC(C)(C)CC(F)(F)C(CC)(CC)C(C)(CC)C(F)(F)C(F)C(C)(CC)CC. The van der Waals surface area contributed by atoms with Gasteiger partial charge in [0.2, 0.25) is 0 Å². The van der Waals surface area contributed by atoms with Gasteiger partial charge in [-0.2, -0.15) is 0 Å². The molecule has 0 bridgehead atoms. The second-order valence-electron chi connectivity index (χ2n) is 10.2. The van der Waals surface area contributed by atoms with E-state index in [1.165, 1.54) is 20.8 Å². The van der Waals surface area contributed by atoms with Crippen LogP contribution in [0.3, 0.4) is 0 Å². The molecule has 0 saturated carbocycles. The number of alkyl halides is 5. The van der Waals surface area contributed by atoms with Crippen LogP contribution in [0.5, 0.6) is 0 Å². The van der Waals surface area contributed by atoms with Gasteiger partial charge in [0, 0.05) is 22.7 Å². The summed E-state index contributed by atoms with van der Waals surface area (Å²) in [6.45, 7) is 16.0. The topological polar surface area (TPSA) is 0 Å². The van der Waals surface area contributed by atoms with Gasteiger partial charge < -0.3 is 0 Å². The smallest absolute Gasteiger partial charge is 0.240 e. The van der Waals surface area contributed by atoms with Crippen LogP contribution in [-0.2, 0) is 0 Å². The molecule has 0 aromatic heterocycles. The maximum absolute atomic E-state index is 15.9. The lowest BCUT2D eigenvalue weighted by Gasteiger charge is -2.57. The zero-order valence-electron chi connectivity index (χ0n) is 20.4. The van der Waals surface area contributed by atoms with E-state index >= 15 is 22.0 Å². The van der Waals surface area contributed by atoms with E-state index in [1.54, 1.807) is 41.5 Å². The molecule has 0 aromatic carbocycles. The molecule has 0 heterocycles. The number of rotatable bonds is 13. The molecular weight excluding hydrogens is 383 g/mol.